The molecule has 0 amide bonds. The molecule has 1 aromatic heterocycles. The number of nitrogens with two attached hydrogens (primary N) is 1. The first-order chi connectivity index (χ1) is 7.27. The highest BCUT2D eigenvalue weighted by molar-refractivity contribution is 5.83. The van der Waals surface area contributed by atoms with Gasteiger partial charge in [-0.3, -0.25) is 9.78 Å². The molecule has 1 aromatic rings. The second kappa shape index (κ2) is 4.53. The molecule has 0 radical (unpaired) electrons. The number of hydrogen-bond acceptors (Lipinski definition) is 3. The van der Waals surface area contributed by atoms with Crippen molar-refractivity contribution in [2.24, 2.45) is 11.7 Å². The van der Waals surface area contributed by atoms with Gasteiger partial charge in [0.2, 0.25) is 0 Å². The van der Waals surface area contributed by atoms with Gasteiger partial charge in [-0.05, 0) is 25.0 Å². The second-order valence-corrected chi connectivity index (χ2v) is 4.17. The highest BCUT2D eigenvalue weighted by Crippen LogP contribution is 2.25. The number of nitrogens with zero attached hydrogens (tertiary/aromatic N) is 1. The zero-order valence-corrected chi connectivity index (χ0v) is 8.73. The predicted molar refractivity (Wildman–Crippen MR) is 58.3 cm³/mol. The zero-order chi connectivity index (χ0) is 10.7. The molecule has 2 unspecified atom stereocenters. The van der Waals surface area contributed by atoms with Crippen molar-refractivity contribution in [3.63, 3.8) is 0 Å². The van der Waals surface area contributed by atoms with Gasteiger partial charge in [0.05, 0.1) is 0 Å². The molecule has 1 aliphatic carbocycles. The third-order valence-electron chi connectivity index (χ3n) is 3.06. The van der Waals surface area contributed by atoms with Gasteiger partial charge in [0.25, 0.3) is 0 Å². The molecule has 0 bridgehead atoms. The third kappa shape index (κ3) is 2.42. The maximum atomic E-state index is 11.9. The maximum absolute atomic E-state index is 11.9. The van der Waals surface area contributed by atoms with E-state index in [2.05, 4.69) is 4.98 Å². The average molecular weight is 204 g/mol. The molecule has 15 heavy (non-hydrogen) atoms. The first-order valence-electron chi connectivity index (χ1n) is 5.45. The van der Waals surface area contributed by atoms with Crippen LogP contribution < -0.4 is 5.73 Å². The van der Waals surface area contributed by atoms with E-state index in [9.17, 15) is 4.79 Å². The Morgan fingerprint density at radius 3 is 2.93 bits per heavy atom. The first kappa shape index (κ1) is 10.3. The number of hydrogen-bond donors (Lipinski definition) is 1. The van der Waals surface area contributed by atoms with Crippen LogP contribution in [-0.4, -0.2) is 16.8 Å². The van der Waals surface area contributed by atoms with Crippen LogP contribution in [0.15, 0.2) is 24.4 Å². The standard InChI is InChI=1S/C12H16N2O/c13-11-6-3-5-10(11)12(15)8-9-4-1-2-7-14-9/h1-2,4,7,10-11H,3,5-6,8,13H2. The van der Waals surface area contributed by atoms with Gasteiger partial charge in [0.15, 0.2) is 0 Å². The normalized spacial score (nSPS) is 25.4. The van der Waals surface area contributed by atoms with Crippen LogP contribution in [0.2, 0.25) is 0 Å². The summed E-state index contributed by atoms with van der Waals surface area (Å²) in [6.07, 6.45) is 5.17. The van der Waals surface area contributed by atoms with E-state index in [1.165, 1.54) is 0 Å². The van der Waals surface area contributed by atoms with E-state index in [4.69, 9.17) is 5.73 Å². The minimum Gasteiger partial charge on any atom is -0.327 e. The van der Waals surface area contributed by atoms with Gasteiger partial charge < -0.3 is 5.73 Å². The van der Waals surface area contributed by atoms with Gasteiger partial charge in [-0.25, -0.2) is 0 Å². The number of ketones is 1. The van der Waals surface area contributed by atoms with Crippen molar-refractivity contribution >= 4 is 5.78 Å². The van der Waals surface area contributed by atoms with E-state index in [1.807, 2.05) is 18.2 Å². The number of carbonyl (C=O) groups is 1. The summed E-state index contributed by atoms with van der Waals surface area (Å²) in [5.41, 5.74) is 6.74. The van der Waals surface area contributed by atoms with Crippen LogP contribution in [0.5, 0.6) is 0 Å². The highest BCUT2D eigenvalue weighted by atomic mass is 16.1. The topological polar surface area (TPSA) is 56.0 Å². The molecule has 2 N–H and O–H groups in total. The minimum absolute atomic E-state index is 0.0620. The maximum Gasteiger partial charge on any atom is 0.143 e. The molecule has 3 nitrogen and oxygen atoms in total. The van der Waals surface area contributed by atoms with E-state index in [1.54, 1.807) is 6.20 Å². The van der Waals surface area contributed by atoms with Gasteiger partial charge >= 0.3 is 0 Å². The molecule has 0 saturated heterocycles. The lowest BCUT2D eigenvalue weighted by Gasteiger charge is -2.13. The first-order valence-corrected chi connectivity index (χ1v) is 5.45. The van der Waals surface area contributed by atoms with Gasteiger partial charge in [-0.1, -0.05) is 12.5 Å². The van der Waals surface area contributed by atoms with Crippen molar-refractivity contribution in [2.75, 3.05) is 0 Å². The van der Waals surface area contributed by atoms with E-state index >= 15 is 0 Å². The van der Waals surface area contributed by atoms with Crippen LogP contribution in [0, 0.1) is 5.92 Å². The molecule has 2 rings (SSSR count). The van der Waals surface area contributed by atoms with E-state index in [-0.39, 0.29) is 17.7 Å². The van der Waals surface area contributed by atoms with Crippen LogP contribution in [-0.2, 0) is 11.2 Å². The number of aromatic nitrogens is 1. The molecular weight excluding hydrogens is 188 g/mol. The predicted octanol–water partition coefficient (Wildman–Crippen LogP) is 1.32. The number of carbonyl (C=O) groups excluding carboxylic acids is 1. The number of Topliss-reactive ketones (excluding diaryl/α,β-unsaturated/α-hetero) is 1. The molecule has 1 aliphatic rings. The lowest BCUT2D eigenvalue weighted by molar-refractivity contribution is -0.122. The lowest BCUT2D eigenvalue weighted by atomic mass is 9.95. The van der Waals surface area contributed by atoms with Crippen molar-refractivity contribution in [3.05, 3.63) is 30.1 Å². The Morgan fingerprint density at radius 1 is 1.47 bits per heavy atom. The summed E-state index contributed by atoms with van der Waals surface area (Å²) in [6.45, 7) is 0. The Balaban J connectivity index is 1.98. The van der Waals surface area contributed by atoms with E-state index in [0.717, 1.165) is 25.0 Å². The zero-order valence-electron chi connectivity index (χ0n) is 8.73. The van der Waals surface area contributed by atoms with Crippen LogP contribution in [0.4, 0.5) is 0 Å². The van der Waals surface area contributed by atoms with Crippen LogP contribution in [0.3, 0.4) is 0 Å². The summed E-state index contributed by atoms with van der Waals surface area (Å²) in [6, 6.07) is 5.72. The monoisotopic (exact) mass is 204 g/mol. The van der Waals surface area contributed by atoms with E-state index in [0.29, 0.717) is 6.42 Å². The molecule has 2 atom stereocenters. The van der Waals surface area contributed by atoms with Crippen LogP contribution in [0.25, 0.3) is 0 Å². The Bertz CT molecular complexity index is 337. The second-order valence-electron chi connectivity index (χ2n) is 4.17. The molecule has 1 fully saturated rings. The molecule has 3 heteroatoms. The fourth-order valence-corrected chi connectivity index (χ4v) is 2.20. The average Bonchev–Trinajstić information content (AvgIpc) is 2.66. The molecule has 1 saturated carbocycles. The van der Waals surface area contributed by atoms with Crippen LogP contribution in [0.1, 0.15) is 25.0 Å². The van der Waals surface area contributed by atoms with Crippen molar-refractivity contribution in [2.45, 2.75) is 31.7 Å². The summed E-state index contributed by atoms with van der Waals surface area (Å²) in [7, 11) is 0. The molecular formula is C12H16N2O. The van der Waals surface area contributed by atoms with Crippen LogP contribution >= 0.6 is 0 Å². The smallest absolute Gasteiger partial charge is 0.143 e. The molecule has 0 spiro atoms. The number of pyridine rings is 1. The SMILES string of the molecule is NC1CCCC1C(=O)Cc1ccccn1. The third-order valence-corrected chi connectivity index (χ3v) is 3.06. The van der Waals surface area contributed by atoms with Crippen molar-refractivity contribution < 1.29 is 4.79 Å². The molecule has 1 heterocycles. The van der Waals surface area contributed by atoms with Gasteiger partial charge in [0.1, 0.15) is 5.78 Å². The fraction of sp³-hybridized carbons (Fsp3) is 0.500. The summed E-state index contributed by atoms with van der Waals surface area (Å²) in [5.74, 6) is 0.311. The molecule has 0 aliphatic heterocycles. The van der Waals surface area contributed by atoms with E-state index < -0.39 is 0 Å². The highest BCUT2D eigenvalue weighted by Gasteiger charge is 2.29. The molecule has 80 valence electrons. The summed E-state index contributed by atoms with van der Waals surface area (Å²) in [4.78, 5) is 16.1. The van der Waals surface area contributed by atoms with Crippen molar-refractivity contribution in [1.82, 2.24) is 4.98 Å². The lowest BCUT2D eigenvalue weighted by Crippen LogP contribution is -2.31. The Kier molecular flexibility index (Phi) is 3.11. The fourth-order valence-electron chi connectivity index (χ4n) is 2.20. The quantitative estimate of drug-likeness (QED) is 0.808. The van der Waals surface area contributed by atoms with Gasteiger partial charge in [-0.2, -0.15) is 0 Å². The Morgan fingerprint density at radius 2 is 2.33 bits per heavy atom. The summed E-state index contributed by atoms with van der Waals surface area (Å²) in [5, 5.41) is 0. The Labute approximate surface area is 89.7 Å². The minimum atomic E-state index is 0.0620. The van der Waals surface area contributed by atoms with Crippen molar-refractivity contribution in [3.8, 4) is 0 Å². The van der Waals surface area contributed by atoms with Gasteiger partial charge in [0, 0.05) is 30.3 Å². The Hall–Kier alpha value is -1.22. The summed E-state index contributed by atoms with van der Waals surface area (Å²) >= 11 is 0. The molecule has 0 aromatic carbocycles. The summed E-state index contributed by atoms with van der Waals surface area (Å²) < 4.78 is 0. The van der Waals surface area contributed by atoms with Crippen molar-refractivity contribution in [1.29, 1.82) is 0 Å². The largest absolute Gasteiger partial charge is 0.327 e. The van der Waals surface area contributed by atoms with Gasteiger partial charge in [-0.15, -0.1) is 0 Å². The number of rotatable bonds is 3.